The van der Waals surface area contributed by atoms with E-state index in [9.17, 15) is 9.90 Å². The van der Waals surface area contributed by atoms with E-state index in [1.807, 2.05) is 35.1 Å². The van der Waals surface area contributed by atoms with Crippen LogP contribution >= 0.6 is 23.1 Å². The fourth-order valence-corrected chi connectivity index (χ4v) is 4.68. The normalized spacial score (nSPS) is 12.7. The van der Waals surface area contributed by atoms with E-state index in [1.54, 1.807) is 11.3 Å². The Morgan fingerprint density at radius 1 is 1.31 bits per heavy atom. The molecule has 1 amide bonds. The first kappa shape index (κ1) is 24.3. The van der Waals surface area contributed by atoms with E-state index >= 15 is 0 Å². The number of carbonyl (C=O) groups excluding carboxylic acids is 1. The molecule has 3 N–H and O–H groups in total. The number of primary amides is 1. The maximum Gasteiger partial charge on any atom is 0.219 e. The minimum atomic E-state index is -0.687. The number of thioether (sulfide) groups is 1. The molecule has 9 heteroatoms. The Hall–Kier alpha value is -2.36. The zero-order chi connectivity index (χ0) is 23.3. The summed E-state index contributed by atoms with van der Waals surface area (Å²) in [4.78, 5) is 12.3. The van der Waals surface area contributed by atoms with Gasteiger partial charge in [-0.3, -0.25) is 4.79 Å². The lowest BCUT2D eigenvalue weighted by Crippen LogP contribution is -2.21. The van der Waals surface area contributed by atoms with E-state index < -0.39 is 6.10 Å². The van der Waals surface area contributed by atoms with Gasteiger partial charge in [0.25, 0.3) is 0 Å². The SMILES string of the molecule is Cc1cc(C(C)(C)C)ccc1OCC(O)CSc1nnc(-c2cccs2)n1CCC(N)=O. The van der Waals surface area contributed by atoms with Gasteiger partial charge in [0, 0.05) is 18.7 Å². The smallest absolute Gasteiger partial charge is 0.219 e. The predicted octanol–water partition coefficient (Wildman–Crippen LogP) is 4.02. The van der Waals surface area contributed by atoms with Crippen LogP contribution in [-0.4, -0.2) is 44.2 Å². The topological polar surface area (TPSA) is 103 Å². The highest BCUT2D eigenvalue weighted by atomic mass is 32.2. The second kappa shape index (κ2) is 10.5. The molecular weight excluding hydrogens is 444 g/mol. The van der Waals surface area contributed by atoms with Crippen LogP contribution in [0.5, 0.6) is 5.75 Å². The lowest BCUT2D eigenvalue weighted by Gasteiger charge is -2.21. The molecule has 0 radical (unpaired) electrons. The van der Waals surface area contributed by atoms with E-state index in [1.165, 1.54) is 17.3 Å². The molecule has 0 fully saturated rings. The highest BCUT2D eigenvalue weighted by molar-refractivity contribution is 7.99. The van der Waals surface area contributed by atoms with Crippen molar-refractivity contribution >= 4 is 29.0 Å². The Balaban J connectivity index is 1.61. The number of rotatable bonds is 10. The minimum Gasteiger partial charge on any atom is -0.491 e. The van der Waals surface area contributed by atoms with Gasteiger partial charge in [0.2, 0.25) is 5.91 Å². The molecule has 1 unspecified atom stereocenters. The van der Waals surface area contributed by atoms with Gasteiger partial charge < -0.3 is 20.1 Å². The van der Waals surface area contributed by atoms with Crippen molar-refractivity contribution < 1.29 is 14.6 Å². The van der Waals surface area contributed by atoms with E-state index in [4.69, 9.17) is 10.5 Å². The summed E-state index contributed by atoms with van der Waals surface area (Å²) in [6.07, 6.45) is -0.493. The summed E-state index contributed by atoms with van der Waals surface area (Å²) in [6, 6.07) is 10.1. The Bertz CT molecular complexity index is 1040. The molecule has 172 valence electrons. The summed E-state index contributed by atoms with van der Waals surface area (Å²) in [7, 11) is 0. The average Bonchev–Trinajstić information content (AvgIpc) is 3.38. The van der Waals surface area contributed by atoms with Gasteiger partial charge in [-0.05, 0) is 41.0 Å². The van der Waals surface area contributed by atoms with Crippen LogP contribution in [0.3, 0.4) is 0 Å². The molecule has 0 bridgehead atoms. The molecule has 1 aromatic carbocycles. The molecule has 3 aromatic rings. The number of aliphatic hydroxyl groups excluding tert-OH is 1. The van der Waals surface area contributed by atoms with Crippen LogP contribution < -0.4 is 10.5 Å². The monoisotopic (exact) mass is 474 g/mol. The van der Waals surface area contributed by atoms with Crippen molar-refractivity contribution in [3.05, 3.63) is 46.8 Å². The molecule has 1 atom stereocenters. The van der Waals surface area contributed by atoms with Gasteiger partial charge in [0.1, 0.15) is 12.4 Å². The Labute approximate surface area is 197 Å². The van der Waals surface area contributed by atoms with Crippen LogP contribution in [0.1, 0.15) is 38.3 Å². The van der Waals surface area contributed by atoms with E-state index in [0.717, 1.165) is 16.2 Å². The van der Waals surface area contributed by atoms with Gasteiger partial charge in [-0.25, -0.2) is 0 Å². The highest BCUT2D eigenvalue weighted by Gasteiger charge is 2.18. The number of aromatic nitrogens is 3. The van der Waals surface area contributed by atoms with Crippen LogP contribution in [0.4, 0.5) is 0 Å². The summed E-state index contributed by atoms with van der Waals surface area (Å²) >= 11 is 2.94. The predicted molar refractivity (Wildman–Crippen MR) is 129 cm³/mol. The Morgan fingerprint density at radius 2 is 2.09 bits per heavy atom. The second-order valence-electron chi connectivity index (χ2n) is 8.66. The van der Waals surface area contributed by atoms with Crippen LogP contribution in [0.2, 0.25) is 0 Å². The van der Waals surface area contributed by atoms with Crippen molar-refractivity contribution in [1.29, 1.82) is 0 Å². The standard InChI is InChI=1S/C23H30N4O3S2/c1-15-12-16(23(2,3)4)7-8-18(15)30-13-17(28)14-32-22-26-25-21(19-6-5-11-31-19)27(22)10-9-20(24)29/h5-8,11-12,17,28H,9-10,13-14H2,1-4H3,(H2,24,29). The quantitative estimate of drug-likeness (QED) is 0.430. The molecule has 2 aromatic heterocycles. The number of aryl methyl sites for hydroxylation is 1. The van der Waals surface area contributed by atoms with Crippen molar-refractivity contribution in [2.24, 2.45) is 5.73 Å². The maximum atomic E-state index is 11.3. The molecule has 0 aliphatic carbocycles. The second-order valence-corrected chi connectivity index (χ2v) is 10.6. The van der Waals surface area contributed by atoms with Crippen molar-refractivity contribution in [3.8, 4) is 16.5 Å². The van der Waals surface area contributed by atoms with Gasteiger partial charge in [-0.2, -0.15) is 0 Å². The number of aliphatic hydroxyl groups is 1. The number of hydrogen-bond acceptors (Lipinski definition) is 7. The summed E-state index contributed by atoms with van der Waals surface area (Å²) in [5.41, 5.74) is 7.70. The largest absolute Gasteiger partial charge is 0.491 e. The van der Waals surface area contributed by atoms with Gasteiger partial charge in [-0.1, -0.05) is 50.7 Å². The number of ether oxygens (including phenoxy) is 1. The number of benzene rings is 1. The molecule has 0 aliphatic rings. The van der Waals surface area contributed by atoms with Crippen LogP contribution in [0, 0.1) is 6.92 Å². The van der Waals surface area contributed by atoms with Crippen LogP contribution in [0.15, 0.2) is 40.9 Å². The molecule has 0 saturated heterocycles. The number of carbonyl (C=O) groups is 1. The van der Waals surface area contributed by atoms with Gasteiger partial charge in [-0.15, -0.1) is 21.5 Å². The molecule has 3 rings (SSSR count). The van der Waals surface area contributed by atoms with Crippen molar-refractivity contribution in [2.75, 3.05) is 12.4 Å². The summed E-state index contributed by atoms with van der Waals surface area (Å²) in [5.74, 6) is 1.47. The lowest BCUT2D eigenvalue weighted by atomic mass is 9.86. The van der Waals surface area contributed by atoms with Crippen LogP contribution in [-0.2, 0) is 16.8 Å². The van der Waals surface area contributed by atoms with E-state index in [0.29, 0.717) is 23.3 Å². The number of thiophene rings is 1. The molecule has 32 heavy (non-hydrogen) atoms. The van der Waals surface area contributed by atoms with E-state index in [-0.39, 0.29) is 24.3 Å². The maximum absolute atomic E-state index is 11.3. The molecule has 2 heterocycles. The summed E-state index contributed by atoms with van der Waals surface area (Å²) in [5, 5.41) is 21.6. The third-order valence-corrected chi connectivity index (χ3v) is 6.89. The summed E-state index contributed by atoms with van der Waals surface area (Å²) in [6.45, 7) is 9.11. The number of nitrogens with zero attached hydrogens (tertiary/aromatic N) is 3. The van der Waals surface area contributed by atoms with Crippen molar-refractivity contribution in [2.45, 2.75) is 57.3 Å². The zero-order valence-corrected chi connectivity index (χ0v) is 20.5. The fraction of sp³-hybridized carbons (Fsp3) is 0.435. The van der Waals surface area contributed by atoms with Gasteiger partial charge >= 0.3 is 0 Å². The van der Waals surface area contributed by atoms with Crippen molar-refractivity contribution in [1.82, 2.24) is 14.8 Å². The molecule has 7 nitrogen and oxygen atoms in total. The zero-order valence-electron chi connectivity index (χ0n) is 18.9. The number of amides is 1. The van der Waals surface area contributed by atoms with E-state index in [2.05, 4.69) is 43.1 Å². The Kier molecular flexibility index (Phi) is 7.97. The molecule has 0 saturated carbocycles. The first-order valence-corrected chi connectivity index (χ1v) is 12.3. The Morgan fingerprint density at radius 3 is 2.72 bits per heavy atom. The number of hydrogen-bond donors (Lipinski definition) is 2. The fourth-order valence-electron chi connectivity index (χ4n) is 3.09. The third-order valence-electron chi connectivity index (χ3n) is 4.92. The molecule has 0 aliphatic heterocycles. The first-order valence-electron chi connectivity index (χ1n) is 10.5. The number of nitrogens with two attached hydrogens (primary N) is 1. The lowest BCUT2D eigenvalue weighted by molar-refractivity contribution is -0.118. The van der Waals surface area contributed by atoms with Gasteiger partial charge in [0.05, 0.1) is 11.0 Å². The average molecular weight is 475 g/mol. The van der Waals surface area contributed by atoms with Gasteiger partial charge in [0.15, 0.2) is 11.0 Å². The highest BCUT2D eigenvalue weighted by Crippen LogP contribution is 2.29. The van der Waals surface area contributed by atoms with Crippen LogP contribution in [0.25, 0.3) is 10.7 Å². The molecular formula is C23H30N4O3S2. The summed E-state index contributed by atoms with van der Waals surface area (Å²) < 4.78 is 7.74. The molecule has 0 spiro atoms. The first-order chi connectivity index (χ1) is 15.1. The minimum absolute atomic E-state index is 0.0753. The third kappa shape index (κ3) is 6.34. The van der Waals surface area contributed by atoms with Crippen molar-refractivity contribution in [3.63, 3.8) is 0 Å².